The number of nitrogens with zero attached hydrogens (tertiary/aromatic N) is 1. The lowest BCUT2D eigenvalue weighted by Gasteiger charge is -2.29. The Morgan fingerprint density at radius 3 is 2.33 bits per heavy atom. The van der Waals surface area contributed by atoms with Crippen molar-refractivity contribution in [3.05, 3.63) is 71.0 Å². The summed E-state index contributed by atoms with van der Waals surface area (Å²) in [5.41, 5.74) is -2.68. The molecule has 24 heavy (non-hydrogen) atoms. The van der Waals surface area contributed by atoms with Crippen molar-refractivity contribution in [2.24, 2.45) is 5.16 Å². The molecule has 0 saturated carbocycles. The van der Waals surface area contributed by atoms with Gasteiger partial charge in [0, 0.05) is 11.1 Å². The van der Waals surface area contributed by atoms with Crippen LogP contribution in [0, 0.1) is 5.82 Å². The predicted molar refractivity (Wildman–Crippen MR) is 78.2 cm³/mol. The van der Waals surface area contributed by atoms with Gasteiger partial charge in [0.1, 0.15) is 12.1 Å². The summed E-state index contributed by atoms with van der Waals surface area (Å²) in [6.45, 7) is 0. The van der Waals surface area contributed by atoms with Crippen LogP contribution >= 0.6 is 0 Å². The maximum absolute atomic E-state index is 14.0. The molecule has 1 atom stereocenters. The molecule has 0 aromatic heterocycles. The molecule has 0 fully saturated rings. The average molecular weight is 337 g/mol. The first kappa shape index (κ1) is 16.2. The molecule has 7 heteroatoms. The van der Waals surface area contributed by atoms with Gasteiger partial charge in [-0.25, -0.2) is 4.39 Å². The van der Waals surface area contributed by atoms with Gasteiger partial charge in [-0.1, -0.05) is 47.6 Å². The molecule has 1 aliphatic heterocycles. The number of hydrogen-bond donors (Lipinski definition) is 0. The smallest absolute Gasteiger partial charge is 0.374 e. The van der Waals surface area contributed by atoms with Gasteiger partial charge in [-0.05, 0) is 11.6 Å². The lowest BCUT2D eigenvalue weighted by molar-refractivity contribution is -0.276. The third kappa shape index (κ3) is 2.55. The SMILES string of the molecule is O=Cc1ccc(C2=NOC(c3ccccc3F)(C(F)(F)F)C2)cc1. The Morgan fingerprint density at radius 1 is 1.08 bits per heavy atom. The van der Waals surface area contributed by atoms with Gasteiger partial charge < -0.3 is 4.84 Å². The number of aldehydes is 1. The predicted octanol–water partition coefficient (Wildman–Crippen LogP) is 4.22. The second kappa shape index (κ2) is 5.74. The third-order valence-corrected chi connectivity index (χ3v) is 3.87. The van der Waals surface area contributed by atoms with Crippen LogP contribution in [0.2, 0.25) is 0 Å². The van der Waals surface area contributed by atoms with E-state index in [1.807, 2.05) is 0 Å². The van der Waals surface area contributed by atoms with Gasteiger partial charge in [-0.15, -0.1) is 0 Å². The highest BCUT2D eigenvalue weighted by Gasteiger charge is 2.63. The van der Waals surface area contributed by atoms with E-state index in [0.717, 1.165) is 12.1 Å². The molecule has 2 aromatic rings. The Balaban J connectivity index is 2.00. The van der Waals surface area contributed by atoms with Gasteiger partial charge in [0.2, 0.25) is 0 Å². The Labute approximate surface area is 134 Å². The molecule has 3 nitrogen and oxygen atoms in total. The van der Waals surface area contributed by atoms with Crippen molar-refractivity contribution in [2.45, 2.75) is 18.2 Å². The molecule has 0 aliphatic carbocycles. The van der Waals surface area contributed by atoms with Crippen molar-refractivity contribution in [3.63, 3.8) is 0 Å². The van der Waals surface area contributed by atoms with Crippen LogP contribution in [-0.4, -0.2) is 18.2 Å². The van der Waals surface area contributed by atoms with Crippen molar-refractivity contribution >= 4 is 12.0 Å². The first-order valence-electron chi connectivity index (χ1n) is 7.00. The summed E-state index contributed by atoms with van der Waals surface area (Å²) >= 11 is 0. The highest BCUT2D eigenvalue weighted by atomic mass is 19.4. The van der Waals surface area contributed by atoms with E-state index in [-0.39, 0.29) is 5.71 Å². The summed E-state index contributed by atoms with van der Waals surface area (Å²) in [7, 11) is 0. The fourth-order valence-corrected chi connectivity index (χ4v) is 2.58. The number of carbonyl (C=O) groups is 1. The minimum atomic E-state index is -4.86. The molecule has 0 amide bonds. The van der Waals surface area contributed by atoms with Crippen LogP contribution in [0.4, 0.5) is 17.6 Å². The molecule has 1 unspecified atom stereocenters. The third-order valence-electron chi connectivity index (χ3n) is 3.87. The standard InChI is InChI=1S/C17H11F4NO2/c18-14-4-2-1-3-13(14)16(17(19,20)21)9-15(22-24-16)12-7-5-11(10-23)6-8-12/h1-8,10H,9H2. The van der Waals surface area contributed by atoms with E-state index in [2.05, 4.69) is 5.16 Å². The lowest BCUT2D eigenvalue weighted by Crippen LogP contribution is -2.43. The van der Waals surface area contributed by atoms with Crippen molar-refractivity contribution in [1.29, 1.82) is 0 Å². The number of halogens is 4. The zero-order valence-electron chi connectivity index (χ0n) is 12.2. The molecule has 2 aromatic carbocycles. The summed E-state index contributed by atoms with van der Waals surface area (Å²) in [5.74, 6) is -1.01. The van der Waals surface area contributed by atoms with Gasteiger partial charge in [-0.2, -0.15) is 13.2 Å². The number of oxime groups is 1. The van der Waals surface area contributed by atoms with E-state index in [1.54, 1.807) is 0 Å². The molecule has 0 radical (unpaired) electrons. The van der Waals surface area contributed by atoms with Gasteiger partial charge in [0.05, 0.1) is 12.1 Å². The largest absolute Gasteiger partial charge is 0.435 e. The highest BCUT2D eigenvalue weighted by molar-refractivity contribution is 6.02. The Bertz CT molecular complexity index is 799. The van der Waals surface area contributed by atoms with E-state index < -0.39 is 29.6 Å². The molecule has 1 heterocycles. The fourth-order valence-electron chi connectivity index (χ4n) is 2.58. The van der Waals surface area contributed by atoms with E-state index >= 15 is 0 Å². The molecule has 0 N–H and O–H groups in total. The molecule has 3 rings (SSSR count). The van der Waals surface area contributed by atoms with Crippen LogP contribution in [0.25, 0.3) is 0 Å². The van der Waals surface area contributed by atoms with Gasteiger partial charge in [0.15, 0.2) is 0 Å². The monoisotopic (exact) mass is 337 g/mol. The summed E-state index contributed by atoms with van der Waals surface area (Å²) < 4.78 is 55.0. The maximum atomic E-state index is 14.0. The van der Waals surface area contributed by atoms with Gasteiger partial charge in [0.25, 0.3) is 5.60 Å². The second-order valence-electron chi connectivity index (χ2n) is 5.35. The van der Waals surface area contributed by atoms with Gasteiger partial charge >= 0.3 is 6.18 Å². The van der Waals surface area contributed by atoms with Crippen LogP contribution in [-0.2, 0) is 10.4 Å². The van der Waals surface area contributed by atoms with E-state index in [1.165, 1.54) is 36.4 Å². The normalized spacial score (nSPS) is 20.4. The maximum Gasteiger partial charge on any atom is 0.435 e. The molecule has 0 spiro atoms. The Hall–Kier alpha value is -2.70. The zero-order chi connectivity index (χ0) is 17.4. The topological polar surface area (TPSA) is 38.7 Å². The minimum Gasteiger partial charge on any atom is -0.374 e. The second-order valence-corrected chi connectivity index (χ2v) is 5.35. The van der Waals surface area contributed by atoms with E-state index in [9.17, 15) is 22.4 Å². The number of carbonyl (C=O) groups excluding carboxylic acids is 1. The van der Waals surface area contributed by atoms with E-state index in [0.29, 0.717) is 17.4 Å². The number of rotatable bonds is 3. The first-order chi connectivity index (χ1) is 11.4. The minimum absolute atomic E-state index is 0.0352. The van der Waals surface area contributed by atoms with Crippen LogP contribution in [0.3, 0.4) is 0 Å². The van der Waals surface area contributed by atoms with Crippen LogP contribution in [0.15, 0.2) is 53.7 Å². The van der Waals surface area contributed by atoms with Crippen molar-refractivity contribution in [1.82, 2.24) is 0 Å². The fraction of sp³-hybridized carbons (Fsp3) is 0.176. The van der Waals surface area contributed by atoms with Crippen LogP contribution in [0.1, 0.15) is 27.9 Å². The van der Waals surface area contributed by atoms with Crippen LogP contribution < -0.4 is 0 Å². The first-order valence-corrected chi connectivity index (χ1v) is 7.00. The number of benzene rings is 2. The Kier molecular flexibility index (Phi) is 3.87. The highest BCUT2D eigenvalue weighted by Crippen LogP contribution is 2.49. The average Bonchev–Trinajstić information content (AvgIpc) is 3.02. The number of hydrogen-bond acceptors (Lipinski definition) is 3. The lowest BCUT2D eigenvalue weighted by atomic mass is 9.86. The summed E-state index contributed by atoms with van der Waals surface area (Å²) in [6, 6.07) is 10.5. The molecule has 1 aliphatic rings. The number of alkyl halides is 3. The quantitative estimate of drug-likeness (QED) is 0.621. The zero-order valence-corrected chi connectivity index (χ0v) is 12.2. The molecule has 0 bridgehead atoms. The van der Waals surface area contributed by atoms with Crippen LogP contribution in [0.5, 0.6) is 0 Å². The van der Waals surface area contributed by atoms with Crippen molar-refractivity contribution in [2.75, 3.05) is 0 Å². The van der Waals surface area contributed by atoms with Crippen molar-refractivity contribution < 1.29 is 27.2 Å². The Morgan fingerprint density at radius 2 is 1.75 bits per heavy atom. The van der Waals surface area contributed by atoms with Gasteiger partial charge in [-0.3, -0.25) is 4.79 Å². The summed E-state index contributed by atoms with van der Waals surface area (Å²) in [4.78, 5) is 15.4. The summed E-state index contributed by atoms with van der Waals surface area (Å²) in [5, 5.41) is 3.54. The van der Waals surface area contributed by atoms with E-state index in [4.69, 9.17) is 4.84 Å². The molecular weight excluding hydrogens is 326 g/mol. The summed E-state index contributed by atoms with van der Waals surface area (Å²) in [6.07, 6.45) is -4.89. The molecule has 124 valence electrons. The molecular formula is C17H11F4NO2. The molecule has 0 saturated heterocycles. The van der Waals surface area contributed by atoms with Crippen molar-refractivity contribution in [3.8, 4) is 0 Å².